The van der Waals surface area contributed by atoms with E-state index in [1.165, 1.54) is 32.7 Å². The first kappa shape index (κ1) is 22.6. The molecule has 0 atom stereocenters. The minimum absolute atomic E-state index is 0.785. The fourth-order valence-electron chi connectivity index (χ4n) is 5.87. The van der Waals surface area contributed by atoms with Crippen LogP contribution >= 0.6 is 0 Å². The Balaban J connectivity index is 1.45. The van der Waals surface area contributed by atoms with Gasteiger partial charge in [0, 0.05) is 17.3 Å². The van der Waals surface area contributed by atoms with Crippen molar-refractivity contribution >= 4 is 60.7 Å². The maximum absolute atomic E-state index is 6.26. The summed E-state index contributed by atoms with van der Waals surface area (Å²) in [6.45, 7) is 0. The molecule has 0 saturated carbocycles. The molecular formula is C37H24N2O. The van der Waals surface area contributed by atoms with Crippen molar-refractivity contribution in [1.29, 1.82) is 0 Å². The lowest BCUT2D eigenvalue weighted by Crippen LogP contribution is -2.11. The molecule has 3 nitrogen and oxygen atoms in total. The van der Waals surface area contributed by atoms with Crippen LogP contribution in [0, 0.1) is 0 Å². The van der Waals surface area contributed by atoms with Crippen molar-refractivity contribution in [2.45, 2.75) is 0 Å². The average Bonchev–Trinajstić information content (AvgIpc) is 3.41. The Bertz CT molecular complexity index is 2160. The molecule has 8 rings (SSSR count). The molecule has 0 aliphatic rings. The minimum atomic E-state index is 0.785. The highest BCUT2D eigenvalue weighted by atomic mass is 16.3. The third-order valence-corrected chi connectivity index (χ3v) is 7.69. The Hall–Kier alpha value is -5.41. The Morgan fingerprint density at radius 2 is 1.20 bits per heavy atom. The van der Waals surface area contributed by atoms with E-state index in [4.69, 9.17) is 9.40 Å². The molecule has 0 saturated heterocycles. The van der Waals surface area contributed by atoms with E-state index in [2.05, 4.69) is 120 Å². The van der Waals surface area contributed by atoms with Crippen molar-refractivity contribution in [3.8, 4) is 11.1 Å². The highest BCUT2D eigenvalue weighted by molar-refractivity contribution is 6.17. The van der Waals surface area contributed by atoms with Crippen molar-refractivity contribution < 1.29 is 4.42 Å². The summed E-state index contributed by atoms with van der Waals surface area (Å²) in [7, 11) is 0. The second-order valence-corrected chi connectivity index (χ2v) is 10.0. The zero-order chi connectivity index (χ0) is 26.5. The number of fused-ring (bicyclic) bond motifs is 6. The SMILES string of the molecule is c1ccc(-c2ccc(N(c3cc4ccccc4c4ccccc34)c3cccc4oc5cccnc5c34)cc2)cc1. The summed E-state index contributed by atoms with van der Waals surface area (Å²) in [5.41, 5.74) is 8.06. The molecule has 0 unspecified atom stereocenters. The predicted octanol–water partition coefficient (Wildman–Crippen LogP) is 10.4. The van der Waals surface area contributed by atoms with E-state index >= 15 is 0 Å². The van der Waals surface area contributed by atoms with Crippen LogP contribution in [0.25, 0.3) is 54.7 Å². The summed E-state index contributed by atoms with van der Waals surface area (Å²) in [5.74, 6) is 0. The highest BCUT2D eigenvalue weighted by Crippen LogP contribution is 2.46. The van der Waals surface area contributed by atoms with Crippen LogP contribution in [-0.4, -0.2) is 4.98 Å². The topological polar surface area (TPSA) is 29.3 Å². The van der Waals surface area contributed by atoms with E-state index in [0.29, 0.717) is 0 Å². The van der Waals surface area contributed by atoms with Gasteiger partial charge in [-0.05, 0) is 69.8 Å². The number of pyridine rings is 1. The first-order chi connectivity index (χ1) is 19.8. The zero-order valence-electron chi connectivity index (χ0n) is 21.7. The molecule has 3 heteroatoms. The van der Waals surface area contributed by atoms with E-state index in [1.807, 2.05) is 30.5 Å². The molecule has 6 aromatic carbocycles. The van der Waals surface area contributed by atoms with Gasteiger partial charge in [0.1, 0.15) is 11.1 Å². The first-order valence-corrected chi connectivity index (χ1v) is 13.5. The van der Waals surface area contributed by atoms with Crippen molar-refractivity contribution in [2.24, 2.45) is 0 Å². The van der Waals surface area contributed by atoms with E-state index in [1.54, 1.807) is 0 Å². The van der Waals surface area contributed by atoms with E-state index < -0.39 is 0 Å². The van der Waals surface area contributed by atoms with Crippen LogP contribution in [0.3, 0.4) is 0 Å². The summed E-state index contributed by atoms with van der Waals surface area (Å²) < 4.78 is 6.26. The summed E-state index contributed by atoms with van der Waals surface area (Å²) >= 11 is 0. The van der Waals surface area contributed by atoms with Crippen molar-refractivity contribution in [3.63, 3.8) is 0 Å². The normalized spacial score (nSPS) is 11.5. The molecule has 2 aromatic heterocycles. The van der Waals surface area contributed by atoms with Gasteiger partial charge in [0.05, 0.1) is 16.8 Å². The van der Waals surface area contributed by atoms with Crippen LogP contribution < -0.4 is 4.90 Å². The van der Waals surface area contributed by atoms with Gasteiger partial charge in [-0.15, -0.1) is 0 Å². The minimum Gasteiger partial charge on any atom is -0.454 e. The molecule has 0 aliphatic heterocycles. The highest BCUT2D eigenvalue weighted by Gasteiger charge is 2.22. The van der Waals surface area contributed by atoms with Crippen LogP contribution in [0.4, 0.5) is 17.1 Å². The average molecular weight is 513 g/mol. The van der Waals surface area contributed by atoms with Gasteiger partial charge in [-0.25, -0.2) is 0 Å². The Kier molecular flexibility index (Phi) is 5.14. The molecule has 0 fully saturated rings. The molecule has 0 amide bonds. The number of anilines is 3. The summed E-state index contributed by atoms with van der Waals surface area (Å²) in [5, 5.41) is 5.86. The molecule has 188 valence electrons. The number of aromatic nitrogens is 1. The van der Waals surface area contributed by atoms with Gasteiger partial charge in [0.2, 0.25) is 0 Å². The molecule has 0 aliphatic carbocycles. The Morgan fingerprint density at radius 1 is 0.500 bits per heavy atom. The van der Waals surface area contributed by atoms with Gasteiger partial charge >= 0.3 is 0 Å². The second kappa shape index (κ2) is 9.11. The molecule has 40 heavy (non-hydrogen) atoms. The summed E-state index contributed by atoms with van der Waals surface area (Å²) in [6, 6.07) is 49.1. The van der Waals surface area contributed by atoms with Gasteiger partial charge < -0.3 is 9.32 Å². The molecule has 0 bridgehead atoms. The van der Waals surface area contributed by atoms with Crippen LogP contribution in [0.5, 0.6) is 0 Å². The van der Waals surface area contributed by atoms with E-state index in [-0.39, 0.29) is 0 Å². The quantitative estimate of drug-likeness (QED) is 0.220. The third kappa shape index (κ3) is 3.56. The largest absolute Gasteiger partial charge is 0.454 e. The molecule has 0 N–H and O–H groups in total. The molecule has 8 aromatic rings. The fraction of sp³-hybridized carbons (Fsp3) is 0. The number of nitrogens with zero attached hydrogens (tertiary/aromatic N) is 2. The molecule has 2 heterocycles. The van der Waals surface area contributed by atoms with Gasteiger partial charge in [0.15, 0.2) is 5.58 Å². The van der Waals surface area contributed by atoms with Crippen molar-refractivity contribution in [3.05, 3.63) is 146 Å². The molecule has 0 radical (unpaired) electrons. The third-order valence-electron chi connectivity index (χ3n) is 7.69. The number of benzene rings is 6. The van der Waals surface area contributed by atoms with Crippen molar-refractivity contribution in [2.75, 3.05) is 4.90 Å². The zero-order valence-corrected chi connectivity index (χ0v) is 21.7. The number of furan rings is 1. The maximum Gasteiger partial charge on any atom is 0.153 e. The number of rotatable bonds is 4. The summed E-state index contributed by atoms with van der Waals surface area (Å²) in [6.07, 6.45) is 1.83. The van der Waals surface area contributed by atoms with Crippen LogP contribution in [-0.2, 0) is 0 Å². The lowest BCUT2D eigenvalue weighted by Gasteiger charge is -2.28. The lowest BCUT2D eigenvalue weighted by atomic mass is 9.98. The van der Waals surface area contributed by atoms with E-state index in [0.717, 1.165) is 39.1 Å². The number of hydrogen-bond donors (Lipinski definition) is 0. The first-order valence-electron chi connectivity index (χ1n) is 13.5. The van der Waals surface area contributed by atoms with Crippen molar-refractivity contribution in [1.82, 2.24) is 4.98 Å². The van der Waals surface area contributed by atoms with Gasteiger partial charge in [0.25, 0.3) is 0 Å². The lowest BCUT2D eigenvalue weighted by molar-refractivity contribution is 0.668. The molecular weight excluding hydrogens is 488 g/mol. The fourth-order valence-corrected chi connectivity index (χ4v) is 5.87. The smallest absolute Gasteiger partial charge is 0.153 e. The van der Waals surface area contributed by atoms with Gasteiger partial charge in [-0.3, -0.25) is 4.98 Å². The van der Waals surface area contributed by atoms with Gasteiger partial charge in [-0.2, -0.15) is 0 Å². The van der Waals surface area contributed by atoms with Crippen LogP contribution in [0.2, 0.25) is 0 Å². The summed E-state index contributed by atoms with van der Waals surface area (Å²) in [4.78, 5) is 7.10. The van der Waals surface area contributed by atoms with E-state index in [9.17, 15) is 0 Å². The van der Waals surface area contributed by atoms with Crippen LogP contribution in [0.1, 0.15) is 0 Å². The number of hydrogen-bond acceptors (Lipinski definition) is 3. The maximum atomic E-state index is 6.26. The predicted molar refractivity (Wildman–Crippen MR) is 167 cm³/mol. The molecule has 0 spiro atoms. The second-order valence-electron chi connectivity index (χ2n) is 10.0. The van der Waals surface area contributed by atoms with Gasteiger partial charge in [-0.1, -0.05) is 97.1 Å². The Morgan fingerprint density at radius 3 is 2.05 bits per heavy atom. The van der Waals surface area contributed by atoms with Crippen LogP contribution in [0.15, 0.2) is 150 Å². The Labute approximate surface area is 231 Å². The monoisotopic (exact) mass is 512 g/mol. The standard InChI is InChI=1S/C37H24N2O/c1-2-10-25(11-3-1)26-19-21-28(22-20-26)39(32-16-8-17-34-36(32)37-35(40-34)18-9-23-38-37)33-24-27-12-4-5-13-29(27)30-14-6-7-15-31(30)33/h1-24H.